The van der Waals surface area contributed by atoms with Gasteiger partial charge in [0, 0.05) is 37.1 Å². The average molecular weight is 357 g/mol. The van der Waals surface area contributed by atoms with E-state index < -0.39 is 10.9 Å². The summed E-state index contributed by atoms with van der Waals surface area (Å²) in [6.07, 6.45) is 3.15. The molecule has 0 aliphatic carbocycles. The topological polar surface area (TPSA) is 103 Å². The number of nitro benzene ring substituents is 1. The van der Waals surface area contributed by atoms with Crippen LogP contribution in [-0.4, -0.2) is 40.3 Å². The number of aromatic nitrogens is 1. The Kier molecular flexibility index (Phi) is 6.78. The average Bonchev–Trinajstić information content (AvgIpc) is 2.65. The van der Waals surface area contributed by atoms with Crippen LogP contribution in [-0.2, 0) is 27.3 Å². The SMILES string of the molecule is COC(=O)CCN(Cc1ccncc1)C(=O)Cc1ccccc1[N+](=O)[O-]. The van der Waals surface area contributed by atoms with Gasteiger partial charge in [-0.1, -0.05) is 18.2 Å². The summed E-state index contributed by atoms with van der Waals surface area (Å²) in [5, 5.41) is 11.1. The first-order valence-electron chi connectivity index (χ1n) is 7.97. The van der Waals surface area contributed by atoms with Gasteiger partial charge in [-0.05, 0) is 17.7 Å². The maximum atomic E-state index is 12.7. The smallest absolute Gasteiger partial charge is 0.307 e. The van der Waals surface area contributed by atoms with Crippen LogP contribution in [0.4, 0.5) is 5.69 Å². The molecule has 26 heavy (non-hydrogen) atoms. The van der Waals surface area contributed by atoms with Crippen molar-refractivity contribution in [3.05, 3.63) is 70.0 Å². The van der Waals surface area contributed by atoms with Crippen molar-refractivity contribution in [1.29, 1.82) is 0 Å². The fourth-order valence-corrected chi connectivity index (χ4v) is 2.44. The molecule has 0 aliphatic heterocycles. The number of benzene rings is 1. The molecule has 0 spiro atoms. The quantitative estimate of drug-likeness (QED) is 0.407. The van der Waals surface area contributed by atoms with Crippen LogP contribution in [0.2, 0.25) is 0 Å². The van der Waals surface area contributed by atoms with Gasteiger partial charge >= 0.3 is 5.97 Å². The maximum absolute atomic E-state index is 12.7. The molecule has 0 N–H and O–H groups in total. The van der Waals surface area contributed by atoms with E-state index in [2.05, 4.69) is 9.72 Å². The second-order valence-corrected chi connectivity index (χ2v) is 5.56. The monoisotopic (exact) mass is 357 g/mol. The summed E-state index contributed by atoms with van der Waals surface area (Å²) < 4.78 is 4.62. The minimum Gasteiger partial charge on any atom is -0.469 e. The molecule has 0 bridgehead atoms. The highest BCUT2D eigenvalue weighted by Crippen LogP contribution is 2.19. The molecule has 1 amide bonds. The summed E-state index contributed by atoms with van der Waals surface area (Å²) in [5.41, 5.74) is 1.08. The lowest BCUT2D eigenvalue weighted by molar-refractivity contribution is -0.385. The number of hydrogen-bond donors (Lipinski definition) is 0. The molecule has 0 atom stereocenters. The summed E-state index contributed by atoms with van der Waals surface area (Å²) in [5.74, 6) is -0.733. The van der Waals surface area contributed by atoms with Gasteiger partial charge < -0.3 is 9.64 Å². The third-order valence-electron chi connectivity index (χ3n) is 3.82. The zero-order valence-corrected chi connectivity index (χ0v) is 14.3. The third kappa shape index (κ3) is 5.37. The number of carbonyl (C=O) groups is 2. The Morgan fingerprint density at radius 1 is 1.19 bits per heavy atom. The number of esters is 1. The van der Waals surface area contributed by atoms with E-state index in [9.17, 15) is 19.7 Å². The predicted octanol–water partition coefficient (Wildman–Crippen LogP) is 2.12. The van der Waals surface area contributed by atoms with Gasteiger partial charge in [-0.3, -0.25) is 24.7 Å². The number of hydrogen-bond acceptors (Lipinski definition) is 6. The first kappa shape index (κ1) is 19.0. The lowest BCUT2D eigenvalue weighted by Gasteiger charge is -2.22. The number of rotatable bonds is 8. The molecule has 8 heteroatoms. The maximum Gasteiger partial charge on any atom is 0.307 e. The molecule has 2 aromatic rings. The summed E-state index contributed by atoms with van der Waals surface area (Å²) in [7, 11) is 1.28. The molecule has 0 radical (unpaired) electrons. The fraction of sp³-hybridized carbons (Fsp3) is 0.278. The molecule has 2 rings (SSSR count). The largest absolute Gasteiger partial charge is 0.469 e. The lowest BCUT2D eigenvalue weighted by atomic mass is 10.1. The number of nitro groups is 1. The molecule has 0 saturated heterocycles. The Labute approximate surface area is 150 Å². The van der Waals surface area contributed by atoms with E-state index in [4.69, 9.17) is 0 Å². The second-order valence-electron chi connectivity index (χ2n) is 5.56. The highest BCUT2D eigenvalue weighted by Gasteiger charge is 2.20. The van der Waals surface area contributed by atoms with Crippen LogP contribution in [0.15, 0.2) is 48.8 Å². The van der Waals surface area contributed by atoms with Gasteiger partial charge in [0.05, 0.1) is 24.9 Å². The Hall–Kier alpha value is -3.29. The Morgan fingerprint density at radius 3 is 2.54 bits per heavy atom. The normalized spacial score (nSPS) is 10.2. The number of ether oxygens (including phenoxy) is 1. The summed E-state index contributed by atoms with van der Waals surface area (Å²) in [4.78, 5) is 40.2. The van der Waals surface area contributed by atoms with Crippen molar-refractivity contribution in [3.63, 3.8) is 0 Å². The number of nitrogens with zero attached hydrogens (tertiary/aromatic N) is 3. The van der Waals surface area contributed by atoms with Crippen LogP contribution in [0.3, 0.4) is 0 Å². The summed E-state index contributed by atoms with van der Waals surface area (Å²) in [6.45, 7) is 0.438. The van der Waals surface area contributed by atoms with Crippen LogP contribution in [0.5, 0.6) is 0 Å². The van der Waals surface area contributed by atoms with Crippen LogP contribution in [0.1, 0.15) is 17.5 Å². The standard InChI is InChI=1S/C18H19N3O5/c1-26-18(23)8-11-20(13-14-6-9-19-10-7-14)17(22)12-15-4-2-3-5-16(15)21(24)25/h2-7,9-10H,8,11-13H2,1H3. The highest BCUT2D eigenvalue weighted by molar-refractivity contribution is 5.80. The minimum atomic E-state index is -0.510. The van der Waals surface area contributed by atoms with E-state index in [0.717, 1.165) is 5.56 Å². The van der Waals surface area contributed by atoms with Crippen molar-refractivity contribution in [2.45, 2.75) is 19.4 Å². The number of para-hydroxylation sites is 1. The molecule has 136 valence electrons. The van der Waals surface area contributed by atoms with Gasteiger partial charge in [-0.15, -0.1) is 0 Å². The van der Waals surface area contributed by atoms with Gasteiger partial charge in [-0.25, -0.2) is 0 Å². The summed E-state index contributed by atoms with van der Waals surface area (Å²) >= 11 is 0. The molecule has 0 fully saturated rings. The molecular formula is C18H19N3O5. The van der Waals surface area contributed by atoms with Crippen LogP contribution in [0, 0.1) is 10.1 Å². The fourth-order valence-electron chi connectivity index (χ4n) is 2.44. The first-order chi connectivity index (χ1) is 12.5. The third-order valence-corrected chi connectivity index (χ3v) is 3.82. The predicted molar refractivity (Wildman–Crippen MR) is 93.1 cm³/mol. The van der Waals surface area contributed by atoms with E-state index in [1.165, 1.54) is 18.1 Å². The van der Waals surface area contributed by atoms with E-state index in [-0.39, 0.29) is 37.5 Å². The van der Waals surface area contributed by atoms with Crippen LogP contribution < -0.4 is 0 Å². The van der Waals surface area contributed by atoms with E-state index in [1.54, 1.807) is 42.7 Å². The van der Waals surface area contributed by atoms with Gasteiger partial charge in [0.2, 0.25) is 5.91 Å². The van der Waals surface area contributed by atoms with Gasteiger partial charge in [0.1, 0.15) is 0 Å². The summed E-state index contributed by atoms with van der Waals surface area (Å²) in [6, 6.07) is 9.66. The molecule has 0 aliphatic rings. The zero-order chi connectivity index (χ0) is 18.9. The van der Waals surface area contributed by atoms with E-state index in [0.29, 0.717) is 5.56 Å². The molecule has 8 nitrogen and oxygen atoms in total. The Bertz CT molecular complexity index is 779. The second kappa shape index (κ2) is 9.26. The van der Waals surface area contributed by atoms with Crippen molar-refractivity contribution in [2.24, 2.45) is 0 Å². The van der Waals surface area contributed by atoms with Crippen molar-refractivity contribution in [3.8, 4) is 0 Å². The Morgan fingerprint density at radius 2 is 1.88 bits per heavy atom. The highest BCUT2D eigenvalue weighted by atomic mass is 16.6. The molecule has 0 unspecified atom stereocenters. The minimum absolute atomic E-state index is 0.0458. The number of amides is 1. The van der Waals surface area contributed by atoms with Crippen molar-refractivity contribution >= 4 is 17.6 Å². The molecular weight excluding hydrogens is 338 g/mol. The van der Waals surface area contributed by atoms with Gasteiger partial charge in [0.15, 0.2) is 0 Å². The van der Waals surface area contributed by atoms with Crippen LogP contribution in [0.25, 0.3) is 0 Å². The molecule has 1 aromatic carbocycles. The number of methoxy groups -OCH3 is 1. The van der Waals surface area contributed by atoms with Crippen molar-refractivity contribution in [1.82, 2.24) is 9.88 Å². The van der Waals surface area contributed by atoms with Gasteiger partial charge in [0.25, 0.3) is 5.69 Å². The van der Waals surface area contributed by atoms with Crippen molar-refractivity contribution < 1.29 is 19.2 Å². The number of carbonyl (C=O) groups excluding carboxylic acids is 2. The van der Waals surface area contributed by atoms with Crippen LogP contribution >= 0.6 is 0 Å². The van der Waals surface area contributed by atoms with E-state index >= 15 is 0 Å². The van der Waals surface area contributed by atoms with Crippen molar-refractivity contribution in [2.75, 3.05) is 13.7 Å². The zero-order valence-electron chi connectivity index (χ0n) is 14.3. The van der Waals surface area contributed by atoms with Gasteiger partial charge in [-0.2, -0.15) is 0 Å². The van der Waals surface area contributed by atoms with E-state index in [1.807, 2.05) is 0 Å². The number of pyridine rings is 1. The molecule has 1 aromatic heterocycles. The Balaban J connectivity index is 2.16. The first-order valence-corrected chi connectivity index (χ1v) is 7.97. The molecule has 0 saturated carbocycles. The molecule has 1 heterocycles. The lowest BCUT2D eigenvalue weighted by Crippen LogP contribution is -2.34.